The van der Waals surface area contributed by atoms with Gasteiger partial charge in [0.1, 0.15) is 12.2 Å². The summed E-state index contributed by atoms with van der Waals surface area (Å²) in [5.74, 6) is 0.0299. The van der Waals surface area contributed by atoms with Crippen LogP contribution in [0.4, 0.5) is 5.69 Å². The van der Waals surface area contributed by atoms with E-state index in [0.717, 1.165) is 11.3 Å². The van der Waals surface area contributed by atoms with E-state index in [2.05, 4.69) is 11.4 Å². The molecule has 0 amide bonds. The molecule has 0 aliphatic rings. The molecule has 0 aromatic heterocycles. The Morgan fingerprint density at radius 2 is 1.54 bits per heavy atom. The zero-order valence-corrected chi connectivity index (χ0v) is 13.1. The molecule has 0 bridgehead atoms. The van der Waals surface area contributed by atoms with Gasteiger partial charge in [0.25, 0.3) is 0 Å². The van der Waals surface area contributed by atoms with E-state index >= 15 is 0 Å². The Kier molecular flexibility index (Phi) is 4.81. The molecule has 3 aromatic carbocycles. The Balaban J connectivity index is 1.79. The Morgan fingerprint density at radius 1 is 0.875 bits per heavy atom. The zero-order valence-electron chi connectivity index (χ0n) is 13.1. The average molecular weight is 313 g/mol. The van der Waals surface area contributed by atoms with Crippen molar-refractivity contribution in [3.8, 4) is 6.07 Å². The molecule has 0 aliphatic carbocycles. The highest BCUT2D eigenvalue weighted by atomic mass is 16.1. The van der Waals surface area contributed by atoms with Gasteiger partial charge in [0.05, 0.1) is 17.2 Å². The van der Waals surface area contributed by atoms with E-state index in [1.54, 1.807) is 0 Å². The van der Waals surface area contributed by atoms with Gasteiger partial charge in [0, 0.05) is 11.1 Å². The van der Waals surface area contributed by atoms with Crippen LogP contribution < -0.4 is 5.32 Å². The lowest BCUT2D eigenvalue weighted by Crippen LogP contribution is -2.76. The molecule has 0 unspecified atom stereocenters. The summed E-state index contributed by atoms with van der Waals surface area (Å²) < 4.78 is 0. The minimum atomic E-state index is 0.0299. The third-order valence-electron chi connectivity index (χ3n) is 3.88. The third kappa shape index (κ3) is 3.57. The van der Waals surface area contributed by atoms with Crippen LogP contribution in [0.25, 0.3) is 0 Å². The fraction of sp³-hybridized carbons (Fsp3) is 0.0476. The molecule has 24 heavy (non-hydrogen) atoms. The molecule has 0 spiro atoms. The Hall–Kier alpha value is -3.22. The number of nitrogens with two attached hydrogens (primary N) is 1. The molecule has 2 N–H and O–H groups in total. The molecule has 116 valence electrons. The van der Waals surface area contributed by atoms with E-state index < -0.39 is 0 Å². The average Bonchev–Trinajstić information content (AvgIpc) is 2.67. The van der Waals surface area contributed by atoms with Gasteiger partial charge >= 0.3 is 0 Å². The lowest BCUT2D eigenvalue weighted by Gasteiger charge is -2.07. The lowest BCUT2D eigenvalue weighted by molar-refractivity contribution is -0.588. The van der Waals surface area contributed by atoms with Crippen molar-refractivity contribution >= 4 is 11.5 Å². The molecular formula is C21H17N2O+. The summed E-state index contributed by atoms with van der Waals surface area (Å²) in [6, 6.07) is 26.6. The normalized spacial score (nSPS) is 10.1. The van der Waals surface area contributed by atoms with Gasteiger partial charge in [-0.05, 0) is 24.3 Å². The van der Waals surface area contributed by atoms with E-state index in [1.807, 2.05) is 78.9 Å². The maximum atomic E-state index is 12.7. The second-order valence-corrected chi connectivity index (χ2v) is 5.50. The number of hydrogen-bond acceptors (Lipinski definition) is 2. The van der Waals surface area contributed by atoms with E-state index in [1.165, 1.54) is 0 Å². The number of ketones is 1. The van der Waals surface area contributed by atoms with Gasteiger partial charge < -0.3 is 5.32 Å². The van der Waals surface area contributed by atoms with Crippen LogP contribution in [0.1, 0.15) is 27.0 Å². The molecule has 3 rings (SSSR count). The number of rotatable bonds is 5. The largest absolute Gasteiger partial charge is 0.309 e. The van der Waals surface area contributed by atoms with Crippen LogP contribution in [0.5, 0.6) is 0 Å². The van der Waals surface area contributed by atoms with Gasteiger partial charge in [-0.2, -0.15) is 5.26 Å². The standard InChI is InChI=1S/C21H16N2O/c22-14-16-10-12-17(13-11-16)15-23-20-9-5-4-8-19(20)21(24)18-6-2-1-3-7-18/h1-13,23H,15H2/p+1. The van der Waals surface area contributed by atoms with Crippen molar-refractivity contribution in [3.63, 3.8) is 0 Å². The molecule has 0 heterocycles. The SMILES string of the molecule is N#Cc1ccc(C[NH2+]c2ccccc2C(=O)c2ccccc2)cc1. The molecule has 0 aliphatic heterocycles. The second kappa shape index (κ2) is 7.36. The van der Waals surface area contributed by atoms with E-state index in [-0.39, 0.29) is 5.78 Å². The summed E-state index contributed by atoms with van der Waals surface area (Å²) >= 11 is 0. The van der Waals surface area contributed by atoms with Gasteiger partial charge in [-0.1, -0.05) is 54.6 Å². The van der Waals surface area contributed by atoms with Gasteiger partial charge in [0.15, 0.2) is 5.78 Å². The van der Waals surface area contributed by atoms with Crippen molar-refractivity contribution in [1.82, 2.24) is 0 Å². The molecule has 3 heteroatoms. The van der Waals surface area contributed by atoms with Gasteiger partial charge in [0.2, 0.25) is 0 Å². The van der Waals surface area contributed by atoms with E-state index in [0.29, 0.717) is 23.2 Å². The lowest BCUT2D eigenvalue weighted by atomic mass is 10.0. The summed E-state index contributed by atoms with van der Waals surface area (Å²) in [6.45, 7) is 0.713. The zero-order chi connectivity index (χ0) is 16.8. The number of nitriles is 1. The fourth-order valence-corrected chi connectivity index (χ4v) is 2.57. The quantitative estimate of drug-likeness (QED) is 0.581. The first-order valence-corrected chi connectivity index (χ1v) is 7.79. The van der Waals surface area contributed by atoms with Crippen LogP contribution >= 0.6 is 0 Å². The number of hydrogen-bond donors (Lipinski definition) is 1. The van der Waals surface area contributed by atoms with Crippen LogP contribution in [0.15, 0.2) is 78.9 Å². The van der Waals surface area contributed by atoms with Crippen molar-refractivity contribution in [2.45, 2.75) is 6.54 Å². The molecule has 0 saturated heterocycles. The highest BCUT2D eigenvalue weighted by molar-refractivity contribution is 6.11. The van der Waals surface area contributed by atoms with E-state index in [4.69, 9.17) is 5.26 Å². The minimum Gasteiger partial charge on any atom is -0.309 e. The Bertz CT molecular complexity index is 878. The van der Waals surface area contributed by atoms with Crippen LogP contribution in [0, 0.1) is 11.3 Å². The first-order chi connectivity index (χ1) is 11.8. The maximum absolute atomic E-state index is 12.7. The van der Waals surface area contributed by atoms with Crippen molar-refractivity contribution in [2.24, 2.45) is 0 Å². The summed E-state index contributed by atoms with van der Waals surface area (Å²) in [6.07, 6.45) is 0. The molecular weight excluding hydrogens is 296 g/mol. The summed E-state index contributed by atoms with van der Waals surface area (Å²) in [5.41, 5.74) is 4.08. The predicted molar refractivity (Wildman–Crippen MR) is 92.8 cm³/mol. The summed E-state index contributed by atoms with van der Waals surface area (Å²) in [5, 5.41) is 10.9. The van der Waals surface area contributed by atoms with Crippen LogP contribution in [0.2, 0.25) is 0 Å². The maximum Gasteiger partial charge on any atom is 0.199 e. The first kappa shape index (κ1) is 15.7. The second-order valence-electron chi connectivity index (χ2n) is 5.50. The predicted octanol–water partition coefficient (Wildman–Crippen LogP) is 3.18. The fourth-order valence-electron chi connectivity index (χ4n) is 2.57. The van der Waals surface area contributed by atoms with Crippen LogP contribution in [0.3, 0.4) is 0 Å². The molecule has 0 saturated carbocycles. The van der Waals surface area contributed by atoms with Gasteiger partial charge in [-0.15, -0.1) is 0 Å². The molecule has 3 nitrogen and oxygen atoms in total. The summed E-state index contributed by atoms with van der Waals surface area (Å²) in [4.78, 5) is 12.7. The van der Waals surface area contributed by atoms with Gasteiger partial charge in [-0.25, -0.2) is 0 Å². The minimum absolute atomic E-state index is 0.0299. The number of nitrogens with zero attached hydrogens (tertiary/aromatic N) is 1. The van der Waals surface area contributed by atoms with Crippen LogP contribution in [-0.2, 0) is 6.54 Å². The van der Waals surface area contributed by atoms with Crippen molar-refractivity contribution in [3.05, 3.63) is 101 Å². The number of carbonyl (C=O) groups excluding carboxylic acids is 1. The smallest absolute Gasteiger partial charge is 0.199 e. The number of para-hydroxylation sites is 1. The topological polar surface area (TPSA) is 57.5 Å². The molecule has 0 radical (unpaired) electrons. The molecule has 0 atom stereocenters. The van der Waals surface area contributed by atoms with Crippen molar-refractivity contribution < 1.29 is 10.1 Å². The van der Waals surface area contributed by atoms with Crippen LogP contribution in [-0.4, -0.2) is 5.78 Å². The number of quaternary nitrogens is 1. The number of carbonyl (C=O) groups is 1. The molecule has 0 fully saturated rings. The monoisotopic (exact) mass is 313 g/mol. The number of benzene rings is 3. The van der Waals surface area contributed by atoms with Crippen molar-refractivity contribution in [1.29, 1.82) is 5.26 Å². The Labute approximate surface area is 141 Å². The highest BCUT2D eigenvalue weighted by Gasteiger charge is 2.15. The highest BCUT2D eigenvalue weighted by Crippen LogP contribution is 2.15. The van der Waals surface area contributed by atoms with Gasteiger partial charge in [-0.3, -0.25) is 4.79 Å². The summed E-state index contributed by atoms with van der Waals surface area (Å²) in [7, 11) is 0. The molecule has 3 aromatic rings. The first-order valence-electron chi connectivity index (χ1n) is 7.79. The Morgan fingerprint density at radius 3 is 2.25 bits per heavy atom. The third-order valence-corrected chi connectivity index (χ3v) is 3.88. The van der Waals surface area contributed by atoms with E-state index in [9.17, 15) is 4.79 Å². The van der Waals surface area contributed by atoms with Crippen molar-refractivity contribution in [2.75, 3.05) is 0 Å².